The van der Waals surface area contributed by atoms with E-state index in [0.717, 1.165) is 11.1 Å². The van der Waals surface area contributed by atoms with Crippen molar-refractivity contribution >= 4 is 35.0 Å². The third-order valence-electron chi connectivity index (χ3n) is 5.27. The first-order valence-corrected chi connectivity index (χ1v) is 11.9. The number of esters is 1. The van der Waals surface area contributed by atoms with Crippen molar-refractivity contribution in [3.63, 3.8) is 0 Å². The summed E-state index contributed by atoms with van der Waals surface area (Å²) in [5, 5.41) is 0.545. The van der Waals surface area contributed by atoms with Gasteiger partial charge in [-0.3, -0.25) is 9.36 Å². The first-order valence-electron chi connectivity index (χ1n) is 10.7. The molecule has 0 unspecified atom stereocenters. The molecule has 0 saturated heterocycles. The van der Waals surface area contributed by atoms with E-state index < -0.39 is 12.0 Å². The third-order valence-corrected chi connectivity index (χ3v) is 6.60. The second kappa shape index (κ2) is 10.2. The lowest BCUT2D eigenvalue weighted by Gasteiger charge is -2.24. The van der Waals surface area contributed by atoms with Crippen LogP contribution in [-0.2, 0) is 9.53 Å². The highest BCUT2D eigenvalue weighted by atomic mass is 35.5. The van der Waals surface area contributed by atoms with E-state index in [1.54, 1.807) is 48.8 Å². The fraction of sp³-hybridized carbons (Fsp3) is 0.192. The lowest BCUT2D eigenvalue weighted by atomic mass is 9.96. The van der Waals surface area contributed by atoms with Gasteiger partial charge in [0, 0.05) is 5.02 Å². The summed E-state index contributed by atoms with van der Waals surface area (Å²) >= 11 is 7.56. The van der Waals surface area contributed by atoms with Crippen molar-refractivity contribution in [2.24, 2.45) is 4.99 Å². The number of allylic oxidation sites excluding steroid dienone is 1. The Balaban J connectivity index is 1.90. The third kappa shape index (κ3) is 4.62. The number of ether oxygens (including phenoxy) is 2. The molecule has 2 aromatic carbocycles. The van der Waals surface area contributed by atoms with Gasteiger partial charge in [-0.25, -0.2) is 9.79 Å². The lowest BCUT2D eigenvalue weighted by molar-refractivity contribution is -0.139. The van der Waals surface area contributed by atoms with Crippen molar-refractivity contribution in [1.82, 2.24) is 4.57 Å². The molecule has 0 N–H and O–H groups in total. The van der Waals surface area contributed by atoms with Crippen LogP contribution in [0.3, 0.4) is 0 Å². The van der Waals surface area contributed by atoms with Gasteiger partial charge >= 0.3 is 5.97 Å². The summed E-state index contributed by atoms with van der Waals surface area (Å²) in [5.41, 5.74) is 2.07. The molecule has 0 spiro atoms. The zero-order valence-corrected chi connectivity index (χ0v) is 20.4. The summed E-state index contributed by atoms with van der Waals surface area (Å²) in [7, 11) is 0. The molecule has 8 heteroatoms. The SMILES string of the molecule is C=CCOc1ccc([C@@H]2C(C(=O)OCC)=C(C)N=c3s/c(=C\c4ccccc4Cl)c(=O)n32)cc1. The fourth-order valence-corrected chi connectivity index (χ4v) is 4.97. The maximum atomic E-state index is 13.6. The molecule has 1 atom stereocenters. The second-order valence-corrected chi connectivity index (χ2v) is 8.91. The van der Waals surface area contributed by atoms with Gasteiger partial charge in [0.2, 0.25) is 0 Å². The number of rotatable bonds is 7. The lowest BCUT2D eigenvalue weighted by Crippen LogP contribution is -2.39. The summed E-state index contributed by atoms with van der Waals surface area (Å²) in [6.45, 7) is 7.75. The van der Waals surface area contributed by atoms with Gasteiger partial charge in [0.05, 0.1) is 28.5 Å². The summed E-state index contributed by atoms with van der Waals surface area (Å²) in [5.74, 6) is 0.161. The highest BCUT2D eigenvalue weighted by Gasteiger charge is 2.33. The number of fused-ring (bicyclic) bond motifs is 1. The summed E-state index contributed by atoms with van der Waals surface area (Å²) in [6, 6.07) is 13.9. The molecule has 1 aliphatic rings. The Labute approximate surface area is 205 Å². The normalized spacial score (nSPS) is 15.5. The molecule has 6 nitrogen and oxygen atoms in total. The molecule has 2 heterocycles. The number of thiazole rings is 1. The number of carbonyl (C=O) groups is 1. The zero-order chi connectivity index (χ0) is 24.2. The van der Waals surface area contributed by atoms with E-state index in [0.29, 0.717) is 38.0 Å². The average Bonchev–Trinajstić information content (AvgIpc) is 3.13. The summed E-state index contributed by atoms with van der Waals surface area (Å²) < 4.78 is 12.9. The molecule has 3 aromatic rings. The van der Waals surface area contributed by atoms with E-state index in [9.17, 15) is 9.59 Å². The van der Waals surface area contributed by atoms with E-state index in [4.69, 9.17) is 21.1 Å². The van der Waals surface area contributed by atoms with E-state index in [1.165, 1.54) is 11.3 Å². The van der Waals surface area contributed by atoms with Crippen molar-refractivity contribution in [3.05, 3.63) is 108 Å². The summed E-state index contributed by atoms with van der Waals surface area (Å²) in [4.78, 5) is 31.6. The molecule has 0 saturated carbocycles. The van der Waals surface area contributed by atoms with Gasteiger partial charge < -0.3 is 9.47 Å². The van der Waals surface area contributed by atoms with Crippen molar-refractivity contribution in [2.45, 2.75) is 19.9 Å². The van der Waals surface area contributed by atoms with E-state index >= 15 is 0 Å². The van der Waals surface area contributed by atoms with Crippen LogP contribution >= 0.6 is 22.9 Å². The molecular formula is C26H23ClN2O4S. The van der Waals surface area contributed by atoms with Crippen molar-refractivity contribution < 1.29 is 14.3 Å². The van der Waals surface area contributed by atoms with Crippen LogP contribution in [0.5, 0.6) is 5.75 Å². The molecule has 1 aliphatic heterocycles. The molecule has 34 heavy (non-hydrogen) atoms. The molecule has 1 aromatic heterocycles. The smallest absolute Gasteiger partial charge is 0.338 e. The van der Waals surface area contributed by atoms with E-state index in [1.807, 2.05) is 30.3 Å². The molecule has 4 rings (SSSR count). The standard InChI is InChI=1S/C26H23ClN2O4S/c1-4-14-33-19-12-10-17(11-13-19)23-22(25(31)32-5-2)16(3)28-26-29(23)24(30)21(34-26)15-18-8-6-7-9-20(18)27/h4,6-13,15,23H,1,5,14H2,2-3H3/b21-15-/t23-/m1/s1. The minimum Gasteiger partial charge on any atom is -0.490 e. The van der Waals surface area contributed by atoms with Crippen LogP contribution in [0.2, 0.25) is 5.02 Å². The van der Waals surface area contributed by atoms with Gasteiger partial charge in [0.25, 0.3) is 5.56 Å². The van der Waals surface area contributed by atoms with Crippen LogP contribution in [0.1, 0.15) is 31.0 Å². The Kier molecular flexibility index (Phi) is 7.14. The fourth-order valence-electron chi connectivity index (χ4n) is 3.74. The number of aromatic nitrogens is 1. The van der Waals surface area contributed by atoms with Crippen LogP contribution in [0.15, 0.2) is 82.2 Å². The number of hydrogen-bond donors (Lipinski definition) is 0. The topological polar surface area (TPSA) is 69.9 Å². The molecule has 0 fully saturated rings. The maximum Gasteiger partial charge on any atom is 0.338 e. The zero-order valence-electron chi connectivity index (χ0n) is 18.8. The van der Waals surface area contributed by atoms with Crippen LogP contribution in [-0.4, -0.2) is 23.8 Å². The highest BCUT2D eigenvalue weighted by molar-refractivity contribution is 7.07. The quantitative estimate of drug-likeness (QED) is 0.367. The molecule has 0 aliphatic carbocycles. The number of benzene rings is 2. The molecule has 0 amide bonds. The van der Waals surface area contributed by atoms with Crippen molar-refractivity contribution in [2.75, 3.05) is 13.2 Å². The predicted molar refractivity (Wildman–Crippen MR) is 134 cm³/mol. The van der Waals surface area contributed by atoms with Gasteiger partial charge in [0.1, 0.15) is 12.4 Å². The van der Waals surface area contributed by atoms with Gasteiger partial charge in [-0.05, 0) is 49.2 Å². The first kappa shape index (κ1) is 23.7. The van der Waals surface area contributed by atoms with Gasteiger partial charge in [0.15, 0.2) is 4.80 Å². The minimum absolute atomic E-state index is 0.216. The monoisotopic (exact) mass is 494 g/mol. The second-order valence-electron chi connectivity index (χ2n) is 7.49. The maximum absolute atomic E-state index is 13.6. The Morgan fingerprint density at radius 1 is 1.24 bits per heavy atom. The minimum atomic E-state index is -0.683. The Hall–Kier alpha value is -3.42. The van der Waals surface area contributed by atoms with Crippen LogP contribution in [0.4, 0.5) is 0 Å². The number of hydrogen-bond acceptors (Lipinski definition) is 6. The van der Waals surface area contributed by atoms with Crippen LogP contribution in [0.25, 0.3) is 6.08 Å². The first-order chi connectivity index (χ1) is 16.4. The molecular weight excluding hydrogens is 472 g/mol. The Bertz CT molecular complexity index is 1450. The van der Waals surface area contributed by atoms with Gasteiger partial charge in [-0.1, -0.05) is 65.9 Å². The van der Waals surface area contributed by atoms with Crippen LogP contribution < -0.4 is 19.6 Å². The highest BCUT2D eigenvalue weighted by Crippen LogP contribution is 2.31. The predicted octanol–water partition coefficient (Wildman–Crippen LogP) is 4.02. The largest absolute Gasteiger partial charge is 0.490 e. The number of carbonyl (C=O) groups excluding carboxylic acids is 1. The van der Waals surface area contributed by atoms with E-state index in [-0.39, 0.29) is 12.2 Å². The van der Waals surface area contributed by atoms with Crippen LogP contribution in [0, 0.1) is 0 Å². The molecule has 0 radical (unpaired) electrons. The molecule has 174 valence electrons. The molecule has 0 bridgehead atoms. The van der Waals surface area contributed by atoms with Gasteiger partial charge in [-0.15, -0.1) is 0 Å². The number of halogens is 1. The van der Waals surface area contributed by atoms with Crippen molar-refractivity contribution in [3.8, 4) is 5.75 Å². The van der Waals surface area contributed by atoms with Gasteiger partial charge in [-0.2, -0.15) is 0 Å². The Morgan fingerprint density at radius 3 is 2.65 bits per heavy atom. The Morgan fingerprint density at radius 2 is 1.97 bits per heavy atom. The van der Waals surface area contributed by atoms with E-state index in [2.05, 4.69) is 11.6 Å². The number of nitrogens with zero attached hydrogens (tertiary/aromatic N) is 2. The summed E-state index contributed by atoms with van der Waals surface area (Å²) in [6.07, 6.45) is 3.41. The average molecular weight is 495 g/mol. The van der Waals surface area contributed by atoms with Crippen molar-refractivity contribution in [1.29, 1.82) is 0 Å².